The zero-order chi connectivity index (χ0) is 15.9. The summed E-state index contributed by atoms with van der Waals surface area (Å²) in [6.07, 6.45) is 3.46. The Morgan fingerprint density at radius 3 is 1.83 bits per heavy atom. The Labute approximate surface area is 138 Å². The number of allylic oxidation sites excluding steroid dienone is 1. The van der Waals surface area contributed by atoms with Crippen LogP contribution in [-0.2, 0) is 0 Å². The van der Waals surface area contributed by atoms with Crippen LogP contribution >= 0.6 is 0 Å². The molecule has 23 heavy (non-hydrogen) atoms. The Morgan fingerprint density at radius 2 is 1.35 bits per heavy atom. The van der Waals surface area contributed by atoms with Crippen molar-refractivity contribution >= 4 is 0 Å². The predicted octanol–water partition coefficient (Wildman–Crippen LogP) is 3.43. The van der Waals surface area contributed by atoms with Crippen molar-refractivity contribution in [2.75, 3.05) is 26.2 Å². The fraction of sp³-hybridized carbons (Fsp3) is 0.250. The van der Waals surface area contributed by atoms with Crippen molar-refractivity contribution in [1.29, 1.82) is 5.26 Å². The van der Waals surface area contributed by atoms with Gasteiger partial charge in [0.25, 0.3) is 0 Å². The number of piperazine rings is 1. The monoisotopic (exact) mass is 303 g/mol. The van der Waals surface area contributed by atoms with E-state index in [9.17, 15) is 0 Å². The SMILES string of the molecule is N#C/C=C/N1CCN(C(c2ccccc2)c2ccccc2)CC1. The van der Waals surface area contributed by atoms with E-state index in [2.05, 4.69) is 76.5 Å². The van der Waals surface area contributed by atoms with Crippen LogP contribution in [0.4, 0.5) is 0 Å². The second-order valence-corrected chi connectivity index (χ2v) is 5.74. The van der Waals surface area contributed by atoms with E-state index in [1.165, 1.54) is 11.1 Å². The minimum atomic E-state index is 0.291. The largest absolute Gasteiger partial charge is 0.374 e. The number of nitriles is 1. The van der Waals surface area contributed by atoms with Gasteiger partial charge in [-0.15, -0.1) is 0 Å². The number of nitrogens with zero attached hydrogens (tertiary/aromatic N) is 3. The summed E-state index contributed by atoms with van der Waals surface area (Å²) in [5, 5.41) is 8.66. The average Bonchev–Trinajstić information content (AvgIpc) is 2.63. The van der Waals surface area contributed by atoms with Crippen LogP contribution in [0.2, 0.25) is 0 Å². The Kier molecular flexibility index (Phi) is 5.08. The summed E-state index contributed by atoms with van der Waals surface area (Å²) in [7, 11) is 0. The van der Waals surface area contributed by atoms with Crippen molar-refractivity contribution in [2.24, 2.45) is 0 Å². The molecule has 0 aromatic heterocycles. The first-order valence-electron chi connectivity index (χ1n) is 8.03. The maximum atomic E-state index is 8.66. The lowest BCUT2D eigenvalue weighted by Gasteiger charge is -2.39. The summed E-state index contributed by atoms with van der Waals surface area (Å²) in [6, 6.07) is 23.8. The highest BCUT2D eigenvalue weighted by Gasteiger charge is 2.25. The second kappa shape index (κ2) is 7.62. The Bertz CT molecular complexity index is 626. The molecule has 0 amide bonds. The van der Waals surface area contributed by atoms with Crippen molar-refractivity contribution in [3.8, 4) is 6.07 Å². The van der Waals surface area contributed by atoms with Crippen LogP contribution in [-0.4, -0.2) is 36.0 Å². The van der Waals surface area contributed by atoms with Gasteiger partial charge < -0.3 is 4.90 Å². The number of rotatable bonds is 4. The van der Waals surface area contributed by atoms with Crippen molar-refractivity contribution in [3.05, 3.63) is 84.1 Å². The van der Waals surface area contributed by atoms with Gasteiger partial charge in [-0.1, -0.05) is 60.7 Å². The smallest absolute Gasteiger partial charge is 0.0927 e. The lowest BCUT2D eigenvalue weighted by Crippen LogP contribution is -2.45. The van der Waals surface area contributed by atoms with E-state index in [0.717, 1.165) is 26.2 Å². The molecule has 0 bridgehead atoms. The molecule has 3 nitrogen and oxygen atoms in total. The van der Waals surface area contributed by atoms with Crippen LogP contribution < -0.4 is 0 Å². The Hall–Kier alpha value is -2.57. The van der Waals surface area contributed by atoms with Crippen LogP contribution in [0.5, 0.6) is 0 Å². The summed E-state index contributed by atoms with van der Waals surface area (Å²) >= 11 is 0. The molecule has 0 atom stereocenters. The molecule has 0 unspecified atom stereocenters. The molecule has 0 radical (unpaired) electrons. The van der Waals surface area contributed by atoms with Crippen LogP contribution in [0.15, 0.2) is 72.9 Å². The van der Waals surface area contributed by atoms with Gasteiger partial charge >= 0.3 is 0 Å². The summed E-state index contributed by atoms with van der Waals surface area (Å²) in [5.41, 5.74) is 2.67. The summed E-state index contributed by atoms with van der Waals surface area (Å²) in [6.45, 7) is 3.89. The third-order valence-electron chi connectivity index (χ3n) is 4.30. The summed E-state index contributed by atoms with van der Waals surface area (Å²) in [4.78, 5) is 4.74. The van der Waals surface area contributed by atoms with Crippen molar-refractivity contribution in [3.63, 3.8) is 0 Å². The highest BCUT2D eigenvalue weighted by atomic mass is 15.3. The van der Waals surface area contributed by atoms with Crippen LogP contribution in [0.3, 0.4) is 0 Å². The third-order valence-corrected chi connectivity index (χ3v) is 4.30. The molecule has 2 aromatic carbocycles. The fourth-order valence-corrected chi connectivity index (χ4v) is 3.17. The molecular formula is C20H21N3. The van der Waals surface area contributed by atoms with Gasteiger partial charge in [-0.05, 0) is 11.1 Å². The molecule has 2 aromatic rings. The van der Waals surface area contributed by atoms with Crippen molar-refractivity contribution in [2.45, 2.75) is 6.04 Å². The standard InChI is InChI=1S/C20H21N3/c21-12-7-13-22-14-16-23(17-15-22)20(18-8-3-1-4-9-18)19-10-5-2-6-11-19/h1-11,13,20H,14-17H2/b13-7+. The molecule has 3 heteroatoms. The van der Waals surface area contributed by atoms with E-state index in [1.54, 1.807) is 6.08 Å². The fourth-order valence-electron chi connectivity index (χ4n) is 3.17. The van der Waals surface area contributed by atoms with E-state index in [-0.39, 0.29) is 0 Å². The lowest BCUT2D eigenvalue weighted by atomic mass is 9.96. The quantitative estimate of drug-likeness (QED) is 0.811. The highest BCUT2D eigenvalue weighted by Crippen LogP contribution is 2.29. The number of hydrogen-bond acceptors (Lipinski definition) is 3. The van der Waals surface area contributed by atoms with Crippen LogP contribution in [0.1, 0.15) is 17.2 Å². The van der Waals surface area contributed by atoms with E-state index in [1.807, 2.05) is 6.20 Å². The van der Waals surface area contributed by atoms with E-state index in [4.69, 9.17) is 5.26 Å². The Balaban J connectivity index is 1.81. The van der Waals surface area contributed by atoms with Gasteiger partial charge in [-0.25, -0.2) is 0 Å². The molecule has 1 heterocycles. The van der Waals surface area contributed by atoms with E-state index in [0.29, 0.717) is 6.04 Å². The van der Waals surface area contributed by atoms with E-state index < -0.39 is 0 Å². The van der Waals surface area contributed by atoms with Crippen molar-refractivity contribution in [1.82, 2.24) is 9.80 Å². The minimum absolute atomic E-state index is 0.291. The zero-order valence-corrected chi connectivity index (χ0v) is 13.2. The molecule has 116 valence electrons. The molecule has 0 saturated carbocycles. The molecule has 0 N–H and O–H groups in total. The molecule has 1 saturated heterocycles. The zero-order valence-electron chi connectivity index (χ0n) is 13.2. The van der Waals surface area contributed by atoms with E-state index >= 15 is 0 Å². The summed E-state index contributed by atoms with van der Waals surface area (Å²) < 4.78 is 0. The lowest BCUT2D eigenvalue weighted by molar-refractivity contribution is 0.139. The van der Waals surface area contributed by atoms with Gasteiger partial charge in [0.05, 0.1) is 12.1 Å². The van der Waals surface area contributed by atoms with Gasteiger partial charge in [-0.3, -0.25) is 4.90 Å². The van der Waals surface area contributed by atoms with Gasteiger partial charge in [-0.2, -0.15) is 5.26 Å². The first kappa shape index (κ1) is 15.3. The first-order chi connectivity index (χ1) is 11.4. The first-order valence-corrected chi connectivity index (χ1v) is 8.03. The van der Waals surface area contributed by atoms with Crippen LogP contribution in [0, 0.1) is 11.3 Å². The number of hydrogen-bond donors (Lipinski definition) is 0. The molecule has 1 aliphatic rings. The second-order valence-electron chi connectivity index (χ2n) is 5.74. The molecule has 1 aliphatic heterocycles. The average molecular weight is 303 g/mol. The molecule has 0 aliphatic carbocycles. The molecular weight excluding hydrogens is 282 g/mol. The van der Waals surface area contributed by atoms with Crippen molar-refractivity contribution < 1.29 is 0 Å². The Morgan fingerprint density at radius 1 is 0.826 bits per heavy atom. The minimum Gasteiger partial charge on any atom is -0.374 e. The van der Waals surface area contributed by atoms with Gasteiger partial charge in [0, 0.05) is 38.5 Å². The third kappa shape index (κ3) is 3.80. The molecule has 3 rings (SSSR count). The molecule has 0 spiro atoms. The topological polar surface area (TPSA) is 30.3 Å². The maximum Gasteiger partial charge on any atom is 0.0927 e. The van der Waals surface area contributed by atoms with Gasteiger partial charge in [0.1, 0.15) is 0 Å². The highest BCUT2D eigenvalue weighted by molar-refractivity contribution is 5.32. The van der Waals surface area contributed by atoms with Gasteiger partial charge in [0.2, 0.25) is 0 Å². The number of benzene rings is 2. The maximum absolute atomic E-state index is 8.66. The predicted molar refractivity (Wildman–Crippen MR) is 92.6 cm³/mol. The van der Waals surface area contributed by atoms with Crippen LogP contribution in [0.25, 0.3) is 0 Å². The van der Waals surface area contributed by atoms with Gasteiger partial charge in [0.15, 0.2) is 0 Å². The normalized spacial score (nSPS) is 15.9. The summed E-state index contributed by atoms with van der Waals surface area (Å²) in [5.74, 6) is 0. The molecule has 1 fully saturated rings.